The fourth-order valence-corrected chi connectivity index (χ4v) is 2.49. The SMILES string of the molecule is O=[N+]([O-])c1cccc(CNCC2CCCC2O)c1F. The third-order valence-electron chi connectivity index (χ3n) is 3.60. The quantitative estimate of drug-likeness (QED) is 0.632. The number of benzene rings is 1. The monoisotopic (exact) mass is 268 g/mol. The molecular formula is C13H17FN2O3. The molecule has 1 saturated carbocycles. The van der Waals surface area contributed by atoms with Crippen LogP contribution in [0.1, 0.15) is 24.8 Å². The number of aliphatic hydroxyl groups excluding tert-OH is 1. The molecule has 1 fully saturated rings. The highest BCUT2D eigenvalue weighted by Crippen LogP contribution is 2.25. The molecule has 0 amide bonds. The summed E-state index contributed by atoms with van der Waals surface area (Å²) in [5, 5.41) is 23.3. The zero-order valence-corrected chi connectivity index (χ0v) is 10.5. The van der Waals surface area contributed by atoms with Crippen molar-refractivity contribution in [3.63, 3.8) is 0 Å². The van der Waals surface area contributed by atoms with Crippen molar-refractivity contribution in [2.24, 2.45) is 5.92 Å². The summed E-state index contributed by atoms with van der Waals surface area (Å²) in [7, 11) is 0. The van der Waals surface area contributed by atoms with E-state index in [1.54, 1.807) is 0 Å². The Hall–Kier alpha value is -1.53. The molecule has 0 spiro atoms. The van der Waals surface area contributed by atoms with Crippen LogP contribution in [-0.4, -0.2) is 22.7 Å². The van der Waals surface area contributed by atoms with Gasteiger partial charge in [0.1, 0.15) is 0 Å². The van der Waals surface area contributed by atoms with Crippen molar-refractivity contribution in [3.05, 3.63) is 39.7 Å². The molecule has 0 heterocycles. The van der Waals surface area contributed by atoms with Gasteiger partial charge in [0.15, 0.2) is 0 Å². The molecule has 1 aromatic carbocycles. The maximum atomic E-state index is 13.8. The average Bonchev–Trinajstić information content (AvgIpc) is 2.77. The Morgan fingerprint density at radius 1 is 1.47 bits per heavy atom. The minimum Gasteiger partial charge on any atom is -0.393 e. The van der Waals surface area contributed by atoms with Gasteiger partial charge in [-0.1, -0.05) is 18.6 Å². The Morgan fingerprint density at radius 2 is 2.26 bits per heavy atom. The first-order chi connectivity index (χ1) is 9.09. The Labute approximate surface area is 110 Å². The lowest BCUT2D eigenvalue weighted by Gasteiger charge is -2.15. The van der Waals surface area contributed by atoms with Crippen LogP contribution in [0.3, 0.4) is 0 Å². The fourth-order valence-electron chi connectivity index (χ4n) is 2.49. The molecule has 1 aliphatic rings. The standard InChI is InChI=1S/C13H17FN2O3/c14-13-10(4-1-5-11(13)16(18)19)8-15-7-9-3-2-6-12(9)17/h1,4-5,9,12,15,17H,2-3,6-8H2. The zero-order valence-electron chi connectivity index (χ0n) is 10.5. The largest absolute Gasteiger partial charge is 0.393 e. The van der Waals surface area contributed by atoms with Crippen LogP contribution in [-0.2, 0) is 6.54 Å². The number of halogens is 1. The third-order valence-corrected chi connectivity index (χ3v) is 3.60. The molecule has 19 heavy (non-hydrogen) atoms. The van der Waals surface area contributed by atoms with Crippen molar-refractivity contribution in [1.29, 1.82) is 0 Å². The number of aliphatic hydroxyl groups is 1. The summed E-state index contributed by atoms with van der Waals surface area (Å²) in [6, 6.07) is 4.16. The molecule has 2 rings (SSSR count). The van der Waals surface area contributed by atoms with Gasteiger partial charge in [0.25, 0.3) is 0 Å². The van der Waals surface area contributed by atoms with Gasteiger partial charge in [-0.05, 0) is 18.8 Å². The predicted molar refractivity (Wildman–Crippen MR) is 68.1 cm³/mol. The molecular weight excluding hydrogens is 251 g/mol. The van der Waals surface area contributed by atoms with Gasteiger partial charge in [-0.25, -0.2) is 0 Å². The van der Waals surface area contributed by atoms with Gasteiger partial charge < -0.3 is 10.4 Å². The van der Waals surface area contributed by atoms with E-state index in [0.717, 1.165) is 25.3 Å². The smallest absolute Gasteiger partial charge is 0.305 e. The van der Waals surface area contributed by atoms with Crippen LogP contribution in [0, 0.1) is 21.8 Å². The van der Waals surface area contributed by atoms with Gasteiger partial charge in [-0.3, -0.25) is 10.1 Å². The minimum atomic E-state index is -0.785. The van der Waals surface area contributed by atoms with E-state index < -0.39 is 16.4 Å². The van der Waals surface area contributed by atoms with E-state index in [0.29, 0.717) is 6.54 Å². The van der Waals surface area contributed by atoms with Crippen LogP contribution in [0.2, 0.25) is 0 Å². The van der Waals surface area contributed by atoms with E-state index in [2.05, 4.69) is 5.32 Å². The minimum absolute atomic E-state index is 0.196. The van der Waals surface area contributed by atoms with Crippen molar-refractivity contribution in [2.45, 2.75) is 31.9 Å². The van der Waals surface area contributed by atoms with E-state index in [1.807, 2.05) is 0 Å². The molecule has 1 aliphatic carbocycles. The predicted octanol–water partition coefficient (Wildman–Crippen LogP) is 1.98. The van der Waals surface area contributed by atoms with E-state index in [4.69, 9.17) is 0 Å². The van der Waals surface area contributed by atoms with E-state index >= 15 is 0 Å². The molecule has 0 radical (unpaired) electrons. The number of nitro groups is 1. The second-order valence-electron chi connectivity index (χ2n) is 4.90. The van der Waals surface area contributed by atoms with Crippen LogP contribution < -0.4 is 5.32 Å². The number of rotatable bonds is 5. The topological polar surface area (TPSA) is 75.4 Å². The fraction of sp³-hybridized carbons (Fsp3) is 0.538. The highest BCUT2D eigenvalue weighted by molar-refractivity contribution is 5.36. The molecule has 104 valence electrons. The second kappa shape index (κ2) is 6.08. The maximum absolute atomic E-state index is 13.8. The van der Waals surface area contributed by atoms with Gasteiger partial charge >= 0.3 is 5.69 Å². The van der Waals surface area contributed by atoms with Crippen LogP contribution >= 0.6 is 0 Å². The summed E-state index contributed by atoms with van der Waals surface area (Å²) < 4.78 is 13.8. The number of nitrogens with one attached hydrogen (secondary N) is 1. The Balaban J connectivity index is 1.92. The van der Waals surface area contributed by atoms with E-state index in [9.17, 15) is 19.6 Å². The van der Waals surface area contributed by atoms with Gasteiger partial charge in [0, 0.05) is 24.7 Å². The van der Waals surface area contributed by atoms with Crippen LogP contribution in [0.15, 0.2) is 18.2 Å². The normalized spacial score (nSPS) is 22.6. The first-order valence-electron chi connectivity index (χ1n) is 6.40. The molecule has 2 unspecified atom stereocenters. The van der Waals surface area contributed by atoms with Crippen molar-refractivity contribution < 1.29 is 14.4 Å². The summed E-state index contributed by atoms with van der Waals surface area (Å²) in [5.41, 5.74) is -0.220. The summed E-state index contributed by atoms with van der Waals surface area (Å²) in [6.45, 7) is 0.833. The summed E-state index contributed by atoms with van der Waals surface area (Å²) in [6.07, 6.45) is 2.50. The van der Waals surface area contributed by atoms with Crippen molar-refractivity contribution >= 4 is 5.69 Å². The molecule has 0 saturated heterocycles. The lowest BCUT2D eigenvalue weighted by Crippen LogP contribution is -2.27. The van der Waals surface area contributed by atoms with E-state index in [-0.39, 0.29) is 24.1 Å². The number of nitro benzene ring substituents is 1. The molecule has 5 nitrogen and oxygen atoms in total. The third kappa shape index (κ3) is 3.27. The Kier molecular flexibility index (Phi) is 4.44. The van der Waals surface area contributed by atoms with Crippen molar-refractivity contribution in [3.8, 4) is 0 Å². The molecule has 6 heteroatoms. The molecule has 2 atom stereocenters. The number of hydrogen-bond acceptors (Lipinski definition) is 4. The molecule has 2 N–H and O–H groups in total. The zero-order chi connectivity index (χ0) is 13.8. The summed E-state index contributed by atoms with van der Waals surface area (Å²) >= 11 is 0. The molecule has 1 aromatic rings. The van der Waals surface area contributed by atoms with Crippen LogP contribution in [0.25, 0.3) is 0 Å². The van der Waals surface area contributed by atoms with Gasteiger partial charge in [-0.15, -0.1) is 0 Å². The number of hydrogen-bond donors (Lipinski definition) is 2. The lowest BCUT2D eigenvalue weighted by atomic mass is 10.1. The Morgan fingerprint density at radius 3 is 2.89 bits per heavy atom. The maximum Gasteiger partial charge on any atom is 0.305 e. The first-order valence-corrected chi connectivity index (χ1v) is 6.40. The summed E-state index contributed by atoms with van der Waals surface area (Å²) in [4.78, 5) is 9.89. The lowest BCUT2D eigenvalue weighted by molar-refractivity contribution is -0.387. The Bertz CT molecular complexity index is 467. The van der Waals surface area contributed by atoms with Crippen molar-refractivity contribution in [1.82, 2.24) is 5.32 Å². The van der Waals surface area contributed by atoms with Gasteiger partial charge in [0.05, 0.1) is 11.0 Å². The molecule has 0 aliphatic heterocycles. The van der Waals surface area contributed by atoms with Crippen molar-refractivity contribution in [2.75, 3.05) is 6.54 Å². The second-order valence-corrected chi connectivity index (χ2v) is 4.90. The highest BCUT2D eigenvalue weighted by Gasteiger charge is 2.24. The van der Waals surface area contributed by atoms with E-state index in [1.165, 1.54) is 12.1 Å². The first kappa shape index (κ1) is 13.9. The number of nitrogens with zero attached hydrogens (tertiary/aromatic N) is 1. The van der Waals surface area contributed by atoms with Gasteiger partial charge in [-0.2, -0.15) is 4.39 Å². The summed E-state index contributed by atoms with van der Waals surface area (Å²) in [5.74, 6) is -0.589. The molecule has 0 aromatic heterocycles. The highest BCUT2D eigenvalue weighted by atomic mass is 19.1. The van der Waals surface area contributed by atoms with Gasteiger partial charge in [0.2, 0.25) is 5.82 Å². The molecule has 0 bridgehead atoms. The van der Waals surface area contributed by atoms with Crippen LogP contribution in [0.4, 0.5) is 10.1 Å². The van der Waals surface area contributed by atoms with Crippen LogP contribution in [0.5, 0.6) is 0 Å². The average molecular weight is 268 g/mol.